The van der Waals surface area contributed by atoms with Crippen molar-refractivity contribution >= 4 is 33.0 Å². The summed E-state index contributed by atoms with van der Waals surface area (Å²) in [6, 6.07) is 10.4. The Kier molecular flexibility index (Phi) is 7.52. The van der Waals surface area contributed by atoms with Gasteiger partial charge in [0, 0.05) is 13.6 Å². The average molecular weight is 479 g/mol. The van der Waals surface area contributed by atoms with Crippen LogP contribution in [0.5, 0.6) is 5.75 Å². The molecule has 0 bridgehead atoms. The van der Waals surface area contributed by atoms with Crippen LogP contribution in [-0.4, -0.2) is 55.3 Å². The quantitative estimate of drug-likeness (QED) is 0.440. The van der Waals surface area contributed by atoms with Crippen LogP contribution in [0.15, 0.2) is 46.3 Å². The number of benzene rings is 1. The van der Waals surface area contributed by atoms with Gasteiger partial charge in [-0.3, -0.25) is 9.10 Å². The summed E-state index contributed by atoms with van der Waals surface area (Å²) < 4.78 is 35.8. The number of carbonyl (C=O) groups excluding carboxylic acids is 1. The molecule has 0 aliphatic carbocycles. The Bertz CT molecular complexity index is 1130. The Morgan fingerprint density at radius 1 is 1.22 bits per heavy atom. The summed E-state index contributed by atoms with van der Waals surface area (Å²) in [6.45, 7) is 4.37. The van der Waals surface area contributed by atoms with Crippen molar-refractivity contribution in [2.24, 2.45) is 0 Å². The number of amides is 1. The highest BCUT2D eigenvalue weighted by atomic mass is 32.2. The molecule has 0 saturated heterocycles. The Morgan fingerprint density at radius 2 is 1.94 bits per heavy atom. The fraction of sp³-hybridized carbons (Fsp3) is 0.381. The van der Waals surface area contributed by atoms with E-state index in [0.29, 0.717) is 36.1 Å². The van der Waals surface area contributed by atoms with E-state index in [-0.39, 0.29) is 12.5 Å². The number of hydrogen-bond donors (Lipinski definition) is 0. The molecule has 2 heterocycles. The van der Waals surface area contributed by atoms with Crippen LogP contribution < -0.4 is 9.04 Å². The highest BCUT2D eigenvalue weighted by molar-refractivity contribution is 7.92. The number of hydrogen-bond acceptors (Lipinski definition) is 8. The van der Waals surface area contributed by atoms with Crippen LogP contribution in [0.25, 0.3) is 10.7 Å². The highest BCUT2D eigenvalue weighted by Crippen LogP contribution is 2.23. The molecular weight excluding hydrogens is 452 g/mol. The van der Waals surface area contributed by atoms with Crippen LogP contribution in [-0.2, 0) is 21.4 Å². The number of carbonyl (C=O) groups is 1. The molecule has 32 heavy (non-hydrogen) atoms. The number of likely N-dealkylation sites (N-methyl/N-ethyl adjacent to an activating group) is 1. The molecule has 0 N–H and O–H groups in total. The molecule has 3 rings (SSSR count). The zero-order chi connectivity index (χ0) is 23.3. The van der Waals surface area contributed by atoms with E-state index in [2.05, 4.69) is 10.1 Å². The second-order valence-electron chi connectivity index (χ2n) is 7.08. The number of thiophene rings is 1. The topological polar surface area (TPSA) is 106 Å². The lowest BCUT2D eigenvalue weighted by atomic mass is 10.2. The normalized spacial score (nSPS) is 12.4. The lowest BCUT2D eigenvalue weighted by Gasteiger charge is -2.25. The van der Waals surface area contributed by atoms with Crippen LogP contribution in [0.2, 0.25) is 0 Å². The van der Waals surface area contributed by atoms with E-state index in [9.17, 15) is 13.2 Å². The number of aromatic nitrogens is 2. The lowest BCUT2D eigenvalue weighted by molar-refractivity contribution is -0.139. The van der Waals surface area contributed by atoms with Crippen LogP contribution in [0.3, 0.4) is 0 Å². The van der Waals surface area contributed by atoms with Crippen LogP contribution in [0.1, 0.15) is 26.2 Å². The third-order valence-corrected chi connectivity index (χ3v) is 6.92. The first-order valence-electron chi connectivity index (χ1n) is 10.1. The average Bonchev–Trinajstić information content (AvgIpc) is 3.46. The molecule has 0 fully saturated rings. The minimum atomic E-state index is -3.35. The van der Waals surface area contributed by atoms with E-state index < -0.39 is 16.1 Å². The minimum Gasteiger partial charge on any atom is -0.481 e. The summed E-state index contributed by atoms with van der Waals surface area (Å²) in [6.07, 6.45) is 0.896. The summed E-state index contributed by atoms with van der Waals surface area (Å²) in [5.74, 6) is 1.14. The number of sulfonamides is 1. The number of ether oxygens (including phenoxy) is 1. The molecule has 172 valence electrons. The molecule has 3 aromatic rings. The maximum atomic E-state index is 13.1. The Morgan fingerprint density at radius 3 is 2.50 bits per heavy atom. The Hall–Kier alpha value is -2.92. The third-order valence-electron chi connectivity index (χ3n) is 4.85. The Balaban J connectivity index is 1.67. The van der Waals surface area contributed by atoms with Gasteiger partial charge in [0.05, 0.1) is 16.8 Å². The number of rotatable bonds is 10. The van der Waals surface area contributed by atoms with Crippen molar-refractivity contribution in [3.05, 3.63) is 47.7 Å². The van der Waals surface area contributed by atoms with Gasteiger partial charge in [-0.05, 0) is 49.1 Å². The minimum absolute atomic E-state index is 0.186. The zero-order valence-corrected chi connectivity index (χ0v) is 20.0. The van der Waals surface area contributed by atoms with Gasteiger partial charge in [-0.2, -0.15) is 4.98 Å². The van der Waals surface area contributed by atoms with Crippen molar-refractivity contribution in [1.82, 2.24) is 15.0 Å². The second-order valence-corrected chi connectivity index (χ2v) is 10.0. The first-order chi connectivity index (χ1) is 15.2. The van der Waals surface area contributed by atoms with Crippen molar-refractivity contribution in [3.63, 3.8) is 0 Å². The largest absolute Gasteiger partial charge is 0.481 e. The molecule has 1 amide bonds. The number of nitrogens with zero attached hydrogens (tertiary/aromatic N) is 4. The maximum absolute atomic E-state index is 13.1. The molecule has 0 aliphatic rings. The van der Waals surface area contributed by atoms with Crippen LogP contribution >= 0.6 is 11.3 Å². The fourth-order valence-corrected chi connectivity index (χ4v) is 4.09. The fourth-order valence-electron chi connectivity index (χ4n) is 2.94. The predicted molar refractivity (Wildman–Crippen MR) is 123 cm³/mol. The third kappa shape index (κ3) is 5.65. The maximum Gasteiger partial charge on any atom is 0.264 e. The van der Waals surface area contributed by atoms with Crippen molar-refractivity contribution in [3.8, 4) is 16.5 Å². The molecule has 1 aromatic carbocycles. The van der Waals surface area contributed by atoms with Crippen LogP contribution in [0.4, 0.5) is 5.69 Å². The van der Waals surface area contributed by atoms with E-state index in [1.54, 1.807) is 29.2 Å². The van der Waals surface area contributed by atoms with Gasteiger partial charge in [-0.1, -0.05) is 18.1 Å². The molecule has 0 spiro atoms. The van der Waals surface area contributed by atoms with Gasteiger partial charge in [-0.15, -0.1) is 11.3 Å². The van der Waals surface area contributed by atoms with Crippen molar-refractivity contribution in [1.29, 1.82) is 0 Å². The molecule has 0 aliphatic heterocycles. The number of anilines is 1. The van der Waals surface area contributed by atoms with E-state index in [4.69, 9.17) is 9.26 Å². The molecule has 0 saturated carbocycles. The SMILES string of the molecule is CC[C@@H](Oc1ccc(N(C)S(C)(=O)=O)cc1)C(=O)N(CC)Cc1nc(-c2cccs2)no1. The summed E-state index contributed by atoms with van der Waals surface area (Å²) in [4.78, 5) is 20.0. The zero-order valence-electron chi connectivity index (χ0n) is 18.4. The van der Waals surface area contributed by atoms with Gasteiger partial charge in [0.2, 0.25) is 21.7 Å². The van der Waals surface area contributed by atoms with Gasteiger partial charge < -0.3 is 14.2 Å². The molecular formula is C21H26N4O5S2. The molecule has 11 heteroatoms. The first kappa shape index (κ1) is 23.7. The van der Waals surface area contributed by atoms with E-state index >= 15 is 0 Å². The molecule has 0 radical (unpaired) electrons. The standard InChI is InChI=1S/C21H26N4O5S2/c1-5-17(29-16-11-9-15(10-12-16)24(3)32(4,27)28)21(26)25(6-2)14-19-22-20(23-30-19)18-8-7-13-31-18/h7-13,17H,5-6,14H2,1-4H3/t17-/m1/s1. The molecule has 2 aromatic heterocycles. The van der Waals surface area contributed by atoms with Gasteiger partial charge in [0.1, 0.15) is 12.3 Å². The van der Waals surface area contributed by atoms with Gasteiger partial charge in [0.25, 0.3) is 5.91 Å². The monoisotopic (exact) mass is 478 g/mol. The van der Waals surface area contributed by atoms with E-state index in [1.807, 2.05) is 31.4 Å². The lowest BCUT2D eigenvalue weighted by Crippen LogP contribution is -2.41. The van der Waals surface area contributed by atoms with Crippen LogP contribution in [0, 0.1) is 0 Å². The van der Waals surface area contributed by atoms with Gasteiger partial charge in [-0.25, -0.2) is 8.42 Å². The Labute approximate surface area is 191 Å². The van der Waals surface area contributed by atoms with Crippen molar-refractivity contribution in [2.75, 3.05) is 24.2 Å². The summed E-state index contributed by atoms with van der Waals surface area (Å²) in [5, 5.41) is 5.92. The van der Waals surface area contributed by atoms with Crippen molar-refractivity contribution in [2.45, 2.75) is 32.9 Å². The summed E-state index contributed by atoms with van der Waals surface area (Å²) in [5.41, 5.74) is 0.507. The molecule has 0 unspecified atom stereocenters. The highest BCUT2D eigenvalue weighted by Gasteiger charge is 2.26. The van der Waals surface area contributed by atoms with Gasteiger partial charge >= 0.3 is 0 Å². The predicted octanol–water partition coefficient (Wildman–Crippen LogP) is 3.40. The first-order valence-corrected chi connectivity index (χ1v) is 12.8. The second kappa shape index (κ2) is 10.1. The molecule has 1 atom stereocenters. The van der Waals surface area contributed by atoms with E-state index in [0.717, 1.165) is 11.1 Å². The molecule has 9 nitrogen and oxygen atoms in total. The van der Waals surface area contributed by atoms with Gasteiger partial charge in [0.15, 0.2) is 6.10 Å². The van der Waals surface area contributed by atoms with E-state index in [1.165, 1.54) is 22.7 Å². The summed E-state index contributed by atoms with van der Waals surface area (Å²) in [7, 11) is -1.88. The smallest absolute Gasteiger partial charge is 0.264 e. The van der Waals surface area contributed by atoms with Crippen molar-refractivity contribution < 1.29 is 22.5 Å². The summed E-state index contributed by atoms with van der Waals surface area (Å²) >= 11 is 1.51.